The molecule has 0 spiro atoms. The fourth-order valence-electron chi connectivity index (χ4n) is 1.83. The number of carbonyl (C=O) groups excluding carboxylic acids is 1. The van der Waals surface area contributed by atoms with Gasteiger partial charge < -0.3 is 10.4 Å². The molecule has 0 radical (unpaired) electrons. The van der Waals surface area contributed by atoms with Gasteiger partial charge in [-0.3, -0.25) is 4.79 Å². The van der Waals surface area contributed by atoms with E-state index in [-0.39, 0.29) is 17.2 Å². The molecular weight excluding hydrogens is 256 g/mol. The van der Waals surface area contributed by atoms with Gasteiger partial charge in [0.15, 0.2) is 0 Å². The Kier molecular flexibility index (Phi) is 3.79. The van der Waals surface area contributed by atoms with Crippen molar-refractivity contribution in [1.82, 2.24) is 4.98 Å². The van der Waals surface area contributed by atoms with Crippen LogP contribution in [-0.2, 0) is 0 Å². The minimum atomic E-state index is -1.05. The summed E-state index contributed by atoms with van der Waals surface area (Å²) in [6.07, 6.45) is 0. The number of nitrogens with zero attached hydrogens (tertiary/aromatic N) is 1. The second-order valence-electron chi connectivity index (χ2n) is 4.46. The van der Waals surface area contributed by atoms with Gasteiger partial charge in [-0.25, -0.2) is 9.78 Å². The fourth-order valence-corrected chi connectivity index (χ4v) is 1.83. The molecule has 20 heavy (non-hydrogen) atoms. The van der Waals surface area contributed by atoms with Gasteiger partial charge in [-0.2, -0.15) is 0 Å². The Bertz CT molecular complexity index is 681. The molecule has 0 fully saturated rings. The molecule has 1 amide bonds. The lowest BCUT2D eigenvalue weighted by molar-refractivity contribution is 0.0695. The number of nitrogens with one attached hydrogen (secondary N) is 1. The molecular formula is C15H14N2O3. The van der Waals surface area contributed by atoms with Gasteiger partial charge in [-0.15, -0.1) is 0 Å². The number of benzene rings is 1. The molecule has 102 valence electrons. The van der Waals surface area contributed by atoms with Crippen molar-refractivity contribution in [3.8, 4) is 0 Å². The average molecular weight is 270 g/mol. The second kappa shape index (κ2) is 5.52. The van der Waals surface area contributed by atoms with Crippen LogP contribution in [0.4, 0.5) is 5.69 Å². The second-order valence-corrected chi connectivity index (χ2v) is 4.46. The van der Waals surface area contributed by atoms with Gasteiger partial charge in [0.05, 0.1) is 11.3 Å². The number of amides is 1. The molecule has 0 aliphatic rings. The van der Waals surface area contributed by atoms with Gasteiger partial charge in [0.1, 0.15) is 5.69 Å². The van der Waals surface area contributed by atoms with Crippen molar-refractivity contribution in [3.63, 3.8) is 0 Å². The normalized spacial score (nSPS) is 10.1. The van der Waals surface area contributed by atoms with E-state index in [1.165, 1.54) is 12.1 Å². The largest absolute Gasteiger partial charge is 0.478 e. The molecule has 5 heteroatoms. The monoisotopic (exact) mass is 270 g/mol. The van der Waals surface area contributed by atoms with Crippen LogP contribution in [0.3, 0.4) is 0 Å². The van der Waals surface area contributed by atoms with E-state index in [1.807, 2.05) is 25.1 Å². The molecule has 5 nitrogen and oxygen atoms in total. The molecule has 0 saturated heterocycles. The van der Waals surface area contributed by atoms with Gasteiger partial charge in [0, 0.05) is 5.69 Å². The smallest absolute Gasteiger partial charge is 0.337 e. The summed E-state index contributed by atoms with van der Waals surface area (Å²) in [5.74, 6) is -1.42. The van der Waals surface area contributed by atoms with Crippen molar-refractivity contribution in [2.24, 2.45) is 0 Å². The molecule has 0 saturated carbocycles. The number of rotatable bonds is 3. The number of aromatic carboxylic acids is 1. The van der Waals surface area contributed by atoms with Gasteiger partial charge in [-0.1, -0.05) is 12.1 Å². The maximum Gasteiger partial charge on any atom is 0.337 e. The summed E-state index contributed by atoms with van der Waals surface area (Å²) in [7, 11) is 0. The van der Waals surface area contributed by atoms with E-state index in [0.29, 0.717) is 11.4 Å². The standard InChI is InChI=1S/C15H14N2O3/c1-9-4-3-5-11(8-9)17-14(18)13-7-6-12(15(19)20)10(2)16-13/h3-8H,1-2H3,(H,17,18)(H,19,20). The lowest BCUT2D eigenvalue weighted by Crippen LogP contribution is -2.15. The molecule has 2 N–H and O–H groups in total. The van der Waals surface area contributed by atoms with E-state index in [0.717, 1.165) is 5.56 Å². The molecule has 2 rings (SSSR count). The molecule has 0 bridgehead atoms. The highest BCUT2D eigenvalue weighted by atomic mass is 16.4. The van der Waals surface area contributed by atoms with E-state index >= 15 is 0 Å². The van der Waals surface area contributed by atoms with Crippen molar-refractivity contribution in [2.45, 2.75) is 13.8 Å². The Morgan fingerprint density at radius 1 is 1.15 bits per heavy atom. The van der Waals surface area contributed by atoms with Crippen LogP contribution in [0.2, 0.25) is 0 Å². The average Bonchev–Trinajstić information content (AvgIpc) is 2.38. The minimum Gasteiger partial charge on any atom is -0.478 e. The number of anilines is 1. The summed E-state index contributed by atoms with van der Waals surface area (Å²) < 4.78 is 0. The Balaban J connectivity index is 2.22. The zero-order valence-electron chi connectivity index (χ0n) is 11.2. The first kappa shape index (κ1) is 13.7. The van der Waals surface area contributed by atoms with Crippen LogP contribution in [0.25, 0.3) is 0 Å². The first-order valence-electron chi connectivity index (χ1n) is 6.06. The lowest BCUT2D eigenvalue weighted by Gasteiger charge is -2.07. The summed E-state index contributed by atoms with van der Waals surface area (Å²) in [6.45, 7) is 3.49. The van der Waals surface area contributed by atoms with Gasteiger partial charge >= 0.3 is 5.97 Å². The summed E-state index contributed by atoms with van der Waals surface area (Å²) in [5.41, 5.74) is 2.31. The van der Waals surface area contributed by atoms with Crippen LogP contribution in [0.15, 0.2) is 36.4 Å². The van der Waals surface area contributed by atoms with E-state index < -0.39 is 5.97 Å². The number of carboxylic acid groups (broad SMARTS) is 1. The van der Waals surface area contributed by atoms with Gasteiger partial charge in [0.25, 0.3) is 5.91 Å². The Hall–Kier alpha value is -2.69. The Morgan fingerprint density at radius 2 is 1.90 bits per heavy atom. The molecule has 0 atom stereocenters. The van der Waals surface area contributed by atoms with Crippen molar-refractivity contribution in [3.05, 3.63) is 58.9 Å². The summed E-state index contributed by atoms with van der Waals surface area (Å²) in [4.78, 5) is 26.9. The first-order valence-corrected chi connectivity index (χ1v) is 6.06. The molecule has 0 unspecified atom stereocenters. The number of pyridine rings is 1. The number of carbonyl (C=O) groups is 2. The molecule has 0 aliphatic heterocycles. The molecule has 1 aromatic carbocycles. The topological polar surface area (TPSA) is 79.3 Å². The predicted molar refractivity (Wildman–Crippen MR) is 75.1 cm³/mol. The van der Waals surface area contributed by atoms with E-state index in [9.17, 15) is 9.59 Å². The molecule has 1 heterocycles. The number of carboxylic acids is 1. The van der Waals surface area contributed by atoms with Crippen molar-refractivity contribution < 1.29 is 14.7 Å². The van der Waals surface area contributed by atoms with Crippen LogP contribution in [0, 0.1) is 13.8 Å². The SMILES string of the molecule is Cc1cccc(NC(=O)c2ccc(C(=O)O)c(C)n2)c1. The van der Waals surface area contributed by atoms with Crippen molar-refractivity contribution >= 4 is 17.6 Å². The van der Waals surface area contributed by atoms with Crippen molar-refractivity contribution in [1.29, 1.82) is 0 Å². The third-order valence-corrected chi connectivity index (χ3v) is 2.82. The molecule has 1 aromatic heterocycles. The third-order valence-electron chi connectivity index (χ3n) is 2.82. The van der Waals surface area contributed by atoms with Crippen molar-refractivity contribution in [2.75, 3.05) is 5.32 Å². The number of aryl methyl sites for hydroxylation is 2. The van der Waals surface area contributed by atoms with E-state index in [4.69, 9.17) is 5.11 Å². The zero-order chi connectivity index (χ0) is 14.7. The highest BCUT2D eigenvalue weighted by molar-refractivity contribution is 6.03. The molecule has 2 aromatic rings. The third kappa shape index (κ3) is 3.00. The highest BCUT2D eigenvalue weighted by Gasteiger charge is 2.13. The number of aromatic nitrogens is 1. The quantitative estimate of drug-likeness (QED) is 0.898. The zero-order valence-corrected chi connectivity index (χ0v) is 11.2. The Labute approximate surface area is 116 Å². The maximum atomic E-state index is 12.0. The lowest BCUT2D eigenvalue weighted by atomic mass is 10.1. The summed E-state index contributed by atoms with van der Waals surface area (Å²) in [6, 6.07) is 10.2. The minimum absolute atomic E-state index is 0.0945. The van der Waals surface area contributed by atoms with Crippen LogP contribution in [-0.4, -0.2) is 22.0 Å². The molecule has 0 aliphatic carbocycles. The highest BCUT2D eigenvalue weighted by Crippen LogP contribution is 2.12. The number of hydrogen-bond acceptors (Lipinski definition) is 3. The van der Waals surface area contributed by atoms with Crippen LogP contribution in [0.5, 0.6) is 0 Å². The van der Waals surface area contributed by atoms with Gasteiger partial charge in [0.2, 0.25) is 0 Å². The van der Waals surface area contributed by atoms with Crippen LogP contribution < -0.4 is 5.32 Å². The van der Waals surface area contributed by atoms with E-state index in [1.54, 1.807) is 13.0 Å². The Morgan fingerprint density at radius 3 is 2.50 bits per heavy atom. The summed E-state index contributed by atoms with van der Waals surface area (Å²) in [5, 5.41) is 11.6. The summed E-state index contributed by atoms with van der Waals surface area (Å²) >= 11 is 0. The fraction of sp³-hybridized carbons (Fsp3) is 0.133. The van der Waals surface area contributed by atoms with Crippen LogP contribution in [0.1, 0.15) is 32.1 Å². The first-order chi connectivity index (χ1) is 9.47. The van der Waals surface area contributed by atoms with Gasteiger partial charge in [-0.05, 0) is 43.7 Å². The predicted octanol–water partition coefficient (Wildman–Crippen LogP) is 2.65. The van der Waals surface area contributed by atoms with Crippen LogP contribution >= 0.6 is 0 Å². The van der Waals surface area contributed by atoms with E-state index in [2.05, 4.69) is 10.3 Å². The number of hydrogen-bond donors (Lipinski definition) is 2. The maximum absolute atomic E-state index is 12.0.